The lowest BCUT2D eigenvalue weighted by atomic mass is 9.84. The van der Waals surface area contributed by atoms with Crippen LogP contribution in [0.1, 0.15) is 43.0 Å². The minimum absolute atomic E-state index is 0.102. The highest BCUT2D eigenvalue weighted by Crippen LogP contribution is 2.28. The fraction of sp³-hybridized carbons (Fsp3) is 0.217. The Bertz CT molecular complexity index is 1240. The van der Waals surface area contributed by atoms with Gasteiger partial charge in [-0.1, -0.05) is 63.3 Å². The van der Waals surface area contributed by atoms with Crippen molar-refractivity contribution < 1.29 is 8.42 Å². The SMILES string of the molecule is CC(C)(C)c1cc(C=Cc2ccc(CS(N)(=O)=O)cc2)cc(-c2ncc[nH]c2=O)c1. The Kier molecular flexibility index (Phi) is 6.05. The average molecular weight is 424 g/mol. The van der Waals surface area contributed by atoms with E-state index in [1.807, 2.05) is 36.4 Å². The third-order valence-corrected chi connectivity index (χ3v) is 5.35. The van der Waals surface area contributed by atoms with Crippen LogP contribution in [0.15, 0.2) is 59.7 Å². The minimum Gasteiger partial charge on any atom is -0.326 e. The van der Waals surface area contributed by atoms with Gasteiger partial charge in [-0.2, -0.15) is 0 Å². The second-order valence-electron chi connectivity index (χ2n) is 8.24. The Morgan fingerprint density at radius 1 is 1.03 bits per heavy atom. The molecule has 156 valence electrons. The zero-order valence-electron chi connectivity index (χ0n) is 17.2. The molecule has 2 aromatic carbocycles. The van der Waals surface area contributed by atoms with Gasteiger partial charge in [0.05, 0.1) is 5.75 Å². The van der Waals surface area contributed by atoms with Gasteiger partial charge in [0.1, 0.15) is 5.69 Å². The molecule has 0 aliphatic rings. The van der Waals surface area contributed by atoms with Gasteiger partial charge in [-0.3, -0.25) is 4.79 Å². The Hall–Kier alpha value is -3.03. The van der Waals surface area contributed by atoms with E-state index in [-0.39, 0.29) is 16.7 Å². The molecule has 6 nitrogen and oxygen atoms in total. The molecule has 0 unspecified atom stereocenters. The van der Waals surface area contributed by atoms with E-state index < -0.39 is 10.0 Å². The molecule has 0 fully saturated rings. The van der Waals surface area contributed by atoms with Crippen molar-refractivity contribution in [2.75, 3.05) is 0 Å². The average Bonchev–Trinajstić information content (AvgIpc) is 2.66. The van der Waals surface area contributed by atoms with Crippen LogP contribution in [-0.4, -0.2) is 18.4 Å². The summed E-state index contributed by atoms with van der Waals surface area (Å²) >= 11 is 0. The van der Waals surface area contributed by atoms with Crippen molar-refractivity contribution in [1.29, 1.82) is 0 Å². The molecule has 0 spiro atoms. The molecule has 3 aromatic rings. The number of H-pyrrole nitrogens is 1. The van der Waals surface area contributed by atoms with Crippen LogP contribution in [-0.2, 0) is 21.2 Å². The number of hydrogen-bond acceptors (Lipinski definition) is 4. The first kappa shape index (κ1) is 21.7. The first-order valence-corrected chi connectivity index (χ1v) is 11.2. The normalized spacial score (nSPS) is 12.4. The molecule has 0 radical (unpaired) electrons. The molecule has 30 heavy (non-hydrogen) atoms. The molecular weight excluding hydrogens is 398 g/mol. The Morgan fingerprint density at radius 3 is 2.30 bits per heavy atom. The third kappa shape index (κ3) is 5.75. The summed E-state index contributed by atoms with van der Waals surface area (Å²) in [6.07, 6.45) is 6.98. The number of hydrogen-bond donors (Lipinski definition) is 2. The van der Waals surface area contributed by atoms with Crippen molar-refractivity contribution in [3.8, 4) is 11.3 Å². The quantitative estimate of drug-likeness (QED) is 0.610. The summed E-state index contributed by atoms with van der Waals surface area (Å²) in [6, 6.07) is 13.2. The Balaban J connectivity index is 1.96. The van der Waals surface area contributed by atoms with E-state index in [0.717, 1.165) is 22.3 Å². The lowest BCUT2D eigenvalue weighted by Crippen LogP contribution is -2.14. The standard InChI is InChI=1S/C23H25N3O3S/c1-23(2,3)20-13-18(12-19(14-20)21-22(27)26-11-10-25-21)9-6-16-4-7-17(8-5-16)15-30(24,28)29/h4-14H,15H2,1-3H3,(H,26,27)(H2,24,28,29). The first-order valence-electron chi connectivity index (χ1n) is 9.48. The molecule has 3 N–H and O–H groups in total. The summed E-state index contributed by atoms with van der Waals surface area (Å²) < 4.78 is 22.4. The van der Waals surface area contributed by atoms with Crippen molar-refractivity contribution in [3.05, 3.63) is 87.5 Å². The van der Waals surface area contributed by atoms with Crippen LogP contribution >= 0.6 is 0 Å². The minimum atomic E-state index is -3.55. The topological polar surface area (TPSA) is 106 Å². The van der Waals surface area contributed by atoms with Gasteiger partial charge >= 0.3 is 0 Å². The molecule has 3 rings (SSSR count). The number of sulfonamides is 1. The third-order valence-electron chi connectivity index (χ3n) is 4.62. The van der Waals surface area contributed by atoms with E-state index >= 15 is 0 Å². The van der Waals surface area contributed by atoms with Crippen LogP contribution < -0.4 is 10.7 Å². The monoisotopic (exact) mass is 423 g/mol. The highest BCUT2D eigenvalue weighted by Gasteiger charge is 2.16. The molecular formula is C23H25N3O3S. The number of rotatable bonds is 5. The maximum absolute atomic E-state index is 12.2. The van der Waals surface area contributed by atoms with Crippen molar-refractivity contribution >= 4 is 22.2 Å². The fourth-order valence-corrected chi connectivity index (χ4v) is 3.68. The Labute approximate surface area is 176 Å². The molecule has 7 heteroatoms. The molecule has 1 heterocycles. The van der Waals surface area contributed by atoms with Gasteiger partial charge in [-0.05, 0) is 39.8 Å². The molecule has 0 amide bonds. The van der Waals surface area contributed by atoms with Crippen LogP contribution in [0.4, 0.5) is 0 Å². The number of benzene rings is 2. The summed E-state index contributed by atoms with van der Waals surface area (Å²) in [7, 11) is -3.55. The van der Waals surface area contributed by atoms with E-state index in [4.69, 9.17) is 5.14 Å². The maximum atomic E-state index is 12.2. The van der Waals surface area contributed by atoms with Crippen molar-refractivity contribution in [2.45, 2.75) is 31.9 Å². The van der Waals surface area contributed by atoms with Gasteiger partial charge in [0.15, 0.2) is 0 Å². The zero-order valence-corrected chi connectivity index (χ0v) is 18.0. The van der Waals surface area contributed by atoms with Gasteiger partial charge in [-0.25, -0.2) is 18.5 Å². The molecule has 0 bridgehead atoms. The second-order valence-corrected chi connectivity index (χ2v) is 9.86. The van der Waals surface area contributed by atoms with Gasteiger partial charge in [0.25, 0.3) is 5.56 Å². The van der Waals surface area contributed by atoms with Crippen LogP contribution in [0.2, 0.25) is 0 Å². The summed E-state index contributed by atoms with van der Waals surface area (Å²) in [5, 5.41) is 5.09. The van der Waals surface area contributed by atoms with E-state index in [9.17, 15) is 13.2 Å². The number of nitrogens with zero attached hydrogens (tertiary/aromatic N) is 1. The highest BCUT2D eigenvalue weighted by molar-refractivity contribution is 7.88. The van der Waals surface area contributed by atoms with Gasteiger partial charge in [-0.15, -0.1) is 0 Å². The van der Waals surface area contributed by atoms with E-state index in [1.165, 1.54) is 6.20 Å². The predicted molar refractivity (Wildman–Crippen MR) is 121 cm³/mol. The summed E-state index contributed by atoms with van der Waals surface area (Å²) in [6.45, 7) is 6.35. The zero-order chi connectivity index (χ0) is 21.9. The van der Waals surface area contributed by atoms with Crippen LogP contribution in [0.3, 0.4) is 0 Å². The lowest BCUT2D eigenvalue weighted by Gasteiger charge is -2.20. The molecule has 0 saturated heterocycles. The Morgan fingerprint density at radius 2 is 1.70 bits per heavy atom. The van der Waals surface area contributed by atoms with Gasteiger partial charge in [0.2, 0.25) is 10.0 Å². The molecule has 1 aromatic heterocycles. The molecule has 0 aliphatic heterocycles. The second kappa shape index (κ2) is 8.38. The first-order chi connectivity index (χ1) is 14.0. The number of nitrogens with two attached hydrogens (primary N) is 1. The summed E-state index contributed by atoms with van der Waals surface area (Å²) in [5.74, 6) is -0.188. The van der Waals surface area contributed by atoms with Crippen LogP contribution in [0, 0.1) is 0 Å². The predicted octanol–water partition coefficient (Wildman–Crippen LogP) is 3.69. The molecule has 0 atom stereocenters. The van der Waals surface area contributed by atoms with E-state index in [2.05, 4.69) is 36.8 Å². The van der Waals surface area contributed by atoms with E-state index in [1.54, 1.807) is 18.3 Å². The number of aromatic nitrogens is 2. The van der Waals surface area contributed by atoms with Crippen LogP contribution in [0.5, 0.6) is 0 Å². The molecule has 0 aliphatic carbocycles. The van der Waals surface area contributed by atoms with Crippen molar-refractivity contribution in [1.82, 2.24) is 9.97 Å². The molecule has 0 saturated carbocycles. The summed E-state index contributed by atoms with van der Waals surface area (Å²) in [5.41, 5.74) is 4.40. The fourth-order valence-electron chi connectivity index (χ4n) is 3.02. The van der Waals surface area contributed by atoms with Gasteiger partial charge in [0, 0.05) is 18.0 Å². The lowest BCUT2D eigenvalue weighted by molar-refractivity contribution is 0.590. The van der Waals surface area contributed by atoms with Crippen molar-refractivity contribution in [3.63, 3.8) is 0 Å². The smallest absolute Gasteiger partial charge is 0.274 e. The number of nitrogens with one attached hydrogen (secondary N) is 1. The highest BCUT2D eigenvalue weighted by atomic mass is 32.2. The largest absolute Gasteiger partial charge is 0.326 e. The number of aromatic amines is 1. The van der Waals surface area contributed by atoms with E-state index in [0.29, 0.717) is 11.3 Å². The van der Waals surface area contributed by atoms with Crippen LogP contribution in [0.25, 0.3) is 23.4 Å². The maximum Gasteiger partial charge on any atom is 0.274 e. The summed E-state index contributed by atoms with van der Waals surface area (Å²) in [4.78, 5) is 19.1. The van der Waals surface area contributed by atoms with Crippen molar-refractivity contribution in [2.24, 2.45) is 5.14 Å². The van der Waals surface area contributed by atoms with Gasteiger partial charge < -0.3 is 4.98 Å². The number of primary sulfonamides is 1.